The minimum absolute atomic E-state index is 0.0729. The zero-order valence-electron chi connectivity index (χ0n) is 12.6. The van der Waals surface area contributed by atoms with Crippen molar-refractivity contribution >= 4 is 32.4 Å². The molecule has 1 heterocycles. The first-order valence-corrected chi connectivity index (χ1v) is 8.72. The van der Waals surface area contributed by atoms with Crippen LogP contribution in [0.4, 0.5) is 5.13 Å². The van der Waals surface area contributed by atoms with E-state index >= 15 is 0 Å². The highest BCUT2D eigenvalue weighted by Crippen LogP contribution is 2.32. The first-order valence-electron chi connectivity index (χ1n) is 7.11. The van der Waals surface area contributed by atoms with Crippen molar-refractivity contribution in [2.45, 2.75) is 39.3 Å². The van der Waals surface area contributed by atoms with Crippen molar-refractivity contribution in [2.24, 2.45) is 0 Å². The van der Waals surface area contributed by atoms with Gasteiger partial charge in [-0.25, -0.2) is 4.98 Å². The number of nitrogens with zero attached hydrogens (tertiary/aromatic N) is 2. The number of benzene rings is 1. The number of thiazole rings is 1. The Balaban J connectivity index is 2.17. The molecule has 0 amide bonds. The lowest BCUT2D eigenvalue weighted by Gasteiger charge is -2.16. The lowest BCUT2D eigenvalue weighted by Crippen LogP contribution is -2.16. The fourth-order valence-corrected chi connectivity index (χ4v) is 3.40. The molecule has 21 heavy (non-hydrogen) atoms. The maximum Gasteiger partial charge on any atom is 0.185 e. The Morgan fingerprint density at radius 3 is 2.57 bits per heavy atom. The van der Waals surface area contributed by atoms with Gasteiger partial charge in [-0.3, -0.25) is 0 Å². The average molecular weight is 369 g/mol. The summed E-state index contributed by atoms with van der Waals surface area (Å²) in [4.78, 5) is 7.87. The van der Waals surface area contributed by atoms with Gasteiger partial charge in [-0.05, 0) is 30.0 Å². The van der Waals surface area contributed by atoms with Gasteiger partial charge >= 0.3 is 0 Å². The normalized spacial score (nSPS) is 12.4. The maximum atomic E-state index is 9.52. The molecular formula is C16H21BrN2OS. The van der Waals surface area contributed by atoms with Gasteiger partial charge < -0.3 is 10.0 Å². The van der Waals surface area contributed by atoms with Crippen molar-refractivity contribution in [1.82, 2.24) is 4.98 Å². The molecule has 5 heteroatoms. The largest absolute Gasteiger partial charge is 0.391 e. The van der Waals surface area contributed by atoms with Crippen LogP contribution in [0.5, 0.6) is 0 Å². The third-order valence-corrected chi connectivity index (χ3v) is 5.30. The highest BCUT2D eigenvalue weighted by molar-refractivity contribution is 9.10. The van der Waals surface area contributed by atoms with E-state index in [1.165, 1.54) is 5.56 Å². The first kappa shape index (κ1) is 16.5. The van der Waals surface area contributed by atoms with Crippen molar-refractivity contribution in [3.05, 3.63) is 44.9 Å². The van der Waals surface area contributed by atoms with Crippen LogP contribution in [0.15, 0.2) is 28.7 Å². The lowest BCUT2D eigenvalue weighted by atomic mass is 10.0. The summed E-state index contributed by atoms with van der Waals surface area (Å²) < 4.78 is 1.09. The molecule has 1 N–H and O–H groups in total. The topological polar surface area (TPSA) is 36.4 Å². The summed E-state index contributed by atoms with van der Waals surface area (Å²) in [6.07, 6.45) is 1.03. The molecule has 1 aromatic carbocycles. The van der Waals surface area contributed by atoms with E-state index in [1.807, 2.05) is 7.05 Å². The van der Waals surface area contributed by atoms with Crippen LogP contribution in [0, 0.1) is 0 Å². The molecule has 0 aliphatic heterocycles. The summed E-state index contributed by atoms with van der Waals surface area (Å²) in [5.41, 5.74) is 2.29. The van der Waals surface area contributed by atoms with Crippen molar-refractivity contribution < 1.29 is 5.11 Å². The molecule has 0 aliphatic rings. The molecule has 0 aliphatic carbocycles. The lowest BCUT2D eigenvalue weighted by molar-refractivity contribution is 0.283. The third kappa shape index (κ3) is 4.05. The minimum atomic E-state index is 0.0729. The smallest absolute Gasteiger partial charge is 0.185 e. The Morgan fingerprint density at radius 2 is 2.00 bits per heavy atom. The second-order valence-corrected chi connectivity index (χ2v) is 7.23. The molecule has 3 nitrogen and oxygen atoms in total. The number of hydrogen-bond acceptors (Lipinski definition) is 4. The molecule has 114 valence electrons. The number of aliphatic hydroxyl groups is 1. The summed E-state index contributed by atoms with van der Waals surface area (Å²) >= 11 is 5.04. The summed E-state index contributed by atoms with van der Waals surface area (Å²) in [6, 6.07) is 8.32. The predicted octanol–water partition coefficient (Wildman–Crippen LogP) is 4.55. The Kier molecular flexibility index (Phi) is 5.79. The van der Waals surface area contributed by atoms with Crippen LogP contribution < -0.4 is 4.90 Å². The molecule has 1 atom stereocenters. The van der Waals surface area contributed by atoms with E-state index in [0.717, 1.165) is 33.1 Å². The fraction of sp³-hybridized carbons (Fsp3) is 0.438. The molecule has 0 fully saturated rings. The zero-order valence-corrected chi connectivity index (χ0v) is 15.0. The van der Waals surface area contributed by atoms with E-state index in [-0.39, 0.29) is 6.61 Å². The fourth-order valence-electron chi connectivity index (χ4n) is 2.14. The summed E-state index contributed by atoms with van der Waals surface area (Å²) in [5, 5.41) is 10.5. The van der Waals surface area contributed by atoms with Gasteiger partial charge in [-0.1, -0.05) is 53.2 Å². The molecule has 0 radical (unpaired) electrons. The monoisotopic (exact) mass is 368 g/mol. The Hall–Kier alpha value is -0.910. The average Bonchev–Trinajstić information content (AvgIpc) is 2.93. The number of aliphatic hydroxyl groups excluding tert-OH is 1. The highest BCUT2D eigenvalue weighted by Gasteiger charge is 2.17. The van der Waals surface area contributed by atoms with E-state index < -0.39 is 0 Å². The van der Waals surface area contributed by atoms with Crippen LogP contribution in [-0.2, 0) is 13.2 Å². The van der Waals surface area contributed by atoms with Gasteiger partial charge in [-0.2, -0.15) is 0 Å². The van der Waals surface area contributed by atoms with E-state index in [1.54, 1.807) is 11.3 Å². The van der Waals surface area contributed by atoms with Crippen LogP contribution in [0.25, 0.3) is 0 Å². The van der Waals surface area contributed by atoms with Crippen LogP contribution >= 0.6 is 27.3 Å². The van der Waals surface area contributed by atoms with Crippen LogP contribution in [0.1, 0.15) is 42.3 Å². The Morgan fingerprint density at radius 1 is 1.33 bits per heavy atom. The zero-order chi connectivity index (χ0) is 15.4. The Labute approximate surface area is 138 Å². The number of anilines is 1. The molecule has 0 bridgehead atoms. The van der Waals surface area contributed by atoms with E-state index in [9.17, 15) is 5.11 Å². The number of rotatable bonds is 6. The van der Waals surface area contributed by atoms with Crippen LogP contribution in [0.2, 0.25) is 0 Å². The van der Waals surface area contributed by atoms with Gasteiger partial charge in [0.05, 0.1) is 17.2 Å². The number of aromatic nitrogens is 1. The van der Waals surface area contributed by atoms with Gasteiger partial charge in [0.2, 0.25) is 0 Å². The van der Waals surface area contributed by atoms with Gasteiger partial charge in [0.1, 0.15) is 0 Å². The standard InChI is InChI=1S/C16H21BrN2OS/c1-4-11(2)15-14(10-20)21-16(18-15)19(3)9-12-5-7-13(17)8-6-12/h5-8,11,20H,4,9-10H2,1-3H3. The summed E-state index contributed by atoms with van der Waals surface area (Å²) in [6.45, 7) is 5.19. The van der Waals surface area contributed by atoms with Crippen molar-refractivity contribution in [3.8, 4) is 0 Å². The molecule has 0 spiro atoms. The van der Waals surface area contributed by atoms with E-state index in [2.05, 4.69) is 58.9 Å². The summed E-state index contributed by atoms with van der Waals surface area (Å²) in [5.74, 6) is 0.387. The molecule has 2 rings (SSSR count). The van der Waals surface area contributed by atoms with Crippen LogP contribution in [-0.4, -0.2) is 17.1 Å². The highest BCUT2D eigenvalue weighted by atomic mass is 79.9. The molecule has 2 aromatic rings. The van der Waals surface area contributed by atoms with Crippen molar-refractivity contribution in [1.29, 1.82) is 0 Å². The minimum Gasteiger partial charge on any atom is -0.391 e. The maximum absolute atomic E-state index is 9.52. The molecule has 0 saturated carbocycles. The van der Waals surface area contributed by atoms with E-state index in [0.29, 0.717) is 5.92 Å². The van der Waals surface area contributed by atoms with Gasteiger partial charge in [0.15, 0.2) is 5.13 Å². The first-order chi connectivity index (χ1) is 10.0. The van der Waals surface area contributed by atoms with Gasteiger partial charge in [0, 0.05) is 18.1 Å². The quantitative estimate of drug-likeness (QED) is 0.812. The third-order valence-electron chi connectivity index (χ3n) is 3.60. The SMILES string of the molecule is CCC(C)c1nc(N(C)Cc2ccc(Br)cc2)sc1CO. The molecular weight excluding hydrogens is 348 g/mol. The van der Waals surface area contributed by atoms with Gasteiger partial charge in [0.25, 0.3) is 0 Å². The second kappa shape index (κ2) is 7.38. The second-order valence-electron chi connectivity index (χ2n) is 5.25. The molecule has 0 saturated heterocycles. The number of halogens is 1. The van der Waals surface area contributed by atoms with Gasteiger partial charge in [-0.15, -0.1) is 0 Å². The number of hydrogen-bond donors (Lipinski definition) is 1. The van der Waals surface area contributed by atoms with Crippen molar-refractivity contribution in [2.75, 3.05) is 11.9 Å². The molecule has 1 aromatic heterocycles. The van der Waals surface area contributed by atoms with Crippen molar-refractivity contribution in [3.63, 3.8) is 0 Å². The summed E-state index contributed by atoms with van der Waals surface area (Å²) in [7, 11) is 2.04. The predicted molar refractivity (Wildman–Crippen MR) is 93.0 cm³/mol. The Bertz CT molecular complexity index is 582. The van der Waals surface area contributed by atoms with Crippen LogP contribution in [0.3, 0.4) is 0 Å². The molecule has 1 unspecified atom stereocenters. The van der Waals surface area contributed by atoms with E-state index in [4.69, 9.17) is 4.98 Å².